The standard InChI is InChI=1S/C18H20N2O3S/c1-3-23-15-9-12(7-8-14(15)22-2)11-19-20-18(21)17-10-13-5-4-6-16(13)24-17/h7-11H,3-6H2,1-2H3,(H,20,21)/b19-11-. The maximum atomic E-state index is 12.2. The molecule has 0 atom stereocenters. The van der Waals surface area contributed by atoms with Crippen molar-refractivity contribution in [3.8, 4) is 11.5 Å². The first kappa shape index (κ1) is 16.5. The van der Waals surface area contributed by atoms with Gasteiger partial charge in [-0.1, -0.05) is 0 Å². The van der Waals surface area contributed by atoms with Gasteiger partial charge in [0.15, 0.2) is 11.5 Å². The molecule has 1 aliphatic carbocycles. The molecule has 126 valence electrons. The summed E-state index contributed by atoms with van der Waals surface area (Å²) in [5.41, 5.74) is 4.72. The molecule has 0 saturated heterocycles. The number of amides is 1. The van der Waals surface area contributed by atoms with Gasteiger partial charge in [0.25, 0.3) is 5.91 Å². The van der Waals surface area contributed by atoms with Gasteiger partial charge >= 0.3 is 0 Å². The Kier molecular flexibility index (Phi) is 5.15. The van der Waals surface area contributed by atoms with Crippen LogP contribution in [0.2, 0.25) is 0 Å². The smallest absolute Gasteiger partial charge is 0.281 e. The maximum absolute atomic E-state index is 12.2. The van der Waals surface area contributed by atoms with E-state index in [1.165, 1.54) is 16.9 Å². The molecule has 1 aliphatic rings. The van der Waals surface area contributed by atoms with Gasteiger partial charge in [0.05, 0.1) is 24.8 Å². The number of fused-ring (bicyclic) bond motifs is 1. The lowest BCUT2D eigenvalue weighted by atomic mass is 10.2. The largest absolute Gasteiger partial charge is 0.493 e. The van der Waals surface area contributed by atoms with Gasteiger partial charge in [-0.3, -0.25) is 4.79 Å². The molecule has 0 spiro atoms. The summed E-state index contributed by atoms with van der Waals surface area (Å²) in [6.45, 7) is 2.47. The Bertz CT molecular complexity index is 746. The van der Waals surface area contributed by atoms with Crippen LogP contribution in [-0.4, -0.2) is 25.8 Å². The Morgan fingerprint density at radius 3 is 2.96 bits per heavy atom. The first-order chi connectivity index (χ1) is 11.7. The summed E-state index contributed by atoms with van der Waals surface area (Å²) >= 11 is 1.57. The maximum Gasteiger partial charge on any atom is 0.281 e. The number of hydrogen-bond acceptors (Lipinski definition) is 5. The highest BCUT2D eigenvalue weighted by atomic mass is 32.1. The predicted octanol–water partition coefficient (Wildman–Crippen LogP) is 3.41. The molecule has 0 aliphatic heterocycles. The van der Waals surface area contributed by atoms with Gasteiger partial charge in [-0.2, -0.15) is 5.10 Å². The average Bonchev–Trinajstić information content (AvgIpc) is 3.17. The molecular formula is C18H20N2O3S. The molecule has 0 saturated carbocycles. The minimum absolute atomic E-state index is 0.163. The van der Waals surface area contributed by atoms with Crippen LogP contribution in [0.5, 0.6) is 11.5 Å². The van der Waals surface area contributed by atoms with Gasteiger partial charge in [0.2, 0.25) is 0 Å². The van der Waals surface area contributed by atoms with Crippen LogP contribution in [-0.2, 0) is 12.8 Å². The molecule has 1 amide bonds. The number of hydrazone groups is 1. The Morgan fingerprint density at radius 1 is 1.33 bits per heavy atom. The molecule has 0 unspecified atom stereocenters. The Balaban J connectivity index is 1.65. The second kappa shape index (κ2) is 7.49. The molecule has 24 heavy (non-hydrogen) atoms. The number of aryl methyl sites for hydroxylation is 2. The van der Waals surface area contributed by atoms with E-state index in [0.717, 1.165) is 23.3 Å². The molecule has 3 rings (SSSR count). The van der Waals surface area contributed by atoms with Gasteiger partial charge in [0, 0.05) is 4.88 Å². The minimum Gasteiger partial charge on any atom is -0.493 e. The quantitative estimate of drug-likeness (QED) is 0.645. The lowest BCUT2D eigenvalue weighted by Crippen LogP contribution is -2.16. The summed E-state index contributed by atoms with van der Waals surface area (Å²) in [5.74, 6) is 1.17. The van der Waals surface area contributed by atoms with Gasteiger partial charge in [-0.25, -0.2) is 5.43 Å². The van der Waals surface area contributed by atoms with Crippen molar-refractivity contribution in [2.75, 3.05) is 13.7 Å². The Hall–Kier alpha value is -2.34. The number of carbonyl (C=O) groups excluding carboxylic acids is 1. The summed E-state index contributed by atoms with van der Waals surface area (Å²) in [7, 11) is 1.60. The summed E-state index contributed by atoms with van der Waals surface area (Å²) in [4.78, 5) is 14.2. The summed E-state index contributed by atoms with van der Waals surface area (Å²) < 4.78 is 10.8. The van der Waals surface area contributed by atoms with Crippen molar-refractivity contribution in [2.24, 2.45) is 5.10 Å². The molecule has 0 bridgehead atoms. The zero-order chi connectivity index (χ0) is 16.9. The van der Waals surface area contributed by atoms with E-state index in [9.17, 15) is 4.79 Å². The third kappa shape index (κ3) is 3.59. The lowest BCUT2D eigenvalue weighted by Gasteiger charge is -2.09. The van der Waals surface area contributed by atoms with Gasteiger partial charge in [-0.15, -0.1) is 11.3 Å². The number of nitrogens with one attached hydrogen (secondary N) is 1. The van der Waals surface area contributed by atoms with E-state index in [1.807, 2.05) is 31.2 Å². The van der Waals surface area contributed by atoms with E-state index in [4.69, 9.17) is 9.47 Å². The van der Waals surface area contributed by atoms with Crippen LogP contribution in [0.4, 0.5) is 0 Å². The van der Waals surface area contributed by atoms with Crippen LogP contribution in [0.3, 0.4) is 0 Å². The van der Waals surface area contributed by atoms with E-state index in [1.54, 1.807) is 24.7 Å². The number of methoxy groups -OCH3 is 1. The molecule has 0 fully saturated rings. The molecule has 0 radical (unpaired) electrons. The summed E-state index contributed by atoms with van der Waals surface area (Å²) in [5, 5.41) is 4.04. The van der Waals surface area contributed by atoms with Crippen LogP contribution in [0.25, 0.3) is 0 Å². The zero-order valence-electron chi connectivity index (χ0n) is 13.8. The van der Waals surface area contributed by atoms with E-state index in [2.05, 4.69) is 10.5 Å². The first-order valence-corrected chi connectivity index (χ1v) is 8.78. The number of ether oxygens (including phenoxy) is 2. The molecule has 6 heteroatoms. The van der Waals surface area contributed by atoms with Crippen molar-refractivity contribution in [2.45, 2.75) is 26.2 Å². The average molecular weight is 344 g/mol. The van der Waals surface area contributed by atoms with Crippen LogP contribution < -0.4 is 14.9 Å². The number of thiophene rings is 1. The number of nitrogens with zero attached hydrogens (tertiary/aromatic N) is 1. The van der Waals surface area contributed by atoms with E-state index in [-0.39, 0.29) is 5.91 Å². The van der Waals surface area contributed by atoms with Crippen molar-refractivity contribution in [1.29, 1.82) is 0 Å². The normalized spacial score (nSPS) is 13.1. The van der Waals surface area contributed by atoms with E-state index < -0.39 is 0 Å². The van der Waals surface area contributed by atoms with E-state index >= 15 is 0 Å². The Morgan fingerprint density at radius 2 is 2.21 bits per heavy atom. The van der Waals surface area contributed by atoms with Crippen molar-refractivity contribution >= 4 is 23.5 Å². The molecule has 1 aromatic carbocycles. The monoisotopic (exact) mass is 344 g/mol. The number of hydrogen-bond donors (Lipinski definition) is 1. The Labute approximate surface area is 145 Å². The zero-order valence-corrected chi connectivity index (χ0v) is 14.6. The van der Waals surface area contributed by atoms with Crippen LogP contribution in [0.1, 0.15) is 39.0 Å². The number of rotatable bonds is 6. The second-order valence-corrected chi connectivity index (χ2v) is 6.59. The molecule has 1 heterocycles. The minimum atomic E-state index is -0.163. The predicted molar refractivity (Wildman–Crippen MR) is 95.6 cm³/mol. The fourth-order valence-electron chi connectivity index (χ4n) is 2.70. The van der Waals surface area contributed by atoms with Crippen molar-refractivity contribution in [3.63, 3.8) is 0 Å². The first-order valence-electron chi connectivity index (χ1n) is 7.97. The third-order valence-corrected chi connectivity index (χ3v) is 5.07. The molecule has 1 N–H and O–H groups in total. The second-order valence-electron chi connectivity index (χ2n) is 5.46. The molecule has 2 aromatic rings. The molecule has 1 aromatic heterocycles. The van der Waals surface area contributed by atoms with E-state index in [0.29, 0.717) is 18.1 Å². The highest BCUT2D eigenvalue weighted by Crippen LogP contribution is 2.30. The highest BCUT2D eigenvalue weighted by Gasteiger charge is 2.18. The van der Waals surface area contributed by atoms with Gasteiger partial charge in [-0.05, 0) is 61.6 Å². The molecule has 5 nitrogen and oxygen atoms in total. The van der Waals surface area contributed by atoms with Crippen LogP contribution in [0.15, 0.2) is 29.4 Å². The van der Waals surface area contributed by atoms with Crippen molar-refractivity contribution in [1.82, 2.24) is 5.43 Å². The number of benzene rings is 1. The third-order valence-electron chi connectivity index (χ3n) is 3.84. The van der Waals surface area contributed by atoms with Crippen molar-refractivity contribution < 1.29 is 14.3 Å². The van der Waals surface area contributed by atoms with Gasteiger partial charge < -0.3 is 9.47 Å². The lowest BCUT2D eigenvalue weighted by molar-refractivity contribution is 0.0959. The topological polar surface area (TPSA) is 59.9 Å². The molecular weight excluding hydrogens is 324 g/mol. The summed E-state index contributed by atoms with van der Waals surface area (Å²) in [6, 6.07) is 7.49. The SMILES string of the molecule is CCOc1cc(/C=N\NC(=O)c2cc3c(s2)CCC3)ccc1OC. The highest BCUT2D eigenvalue weighted by molar-refractivity contribution is 7.14. The fourth-order valence-corrected chi connectivity index (χ4v) is 3.85. The van der Waals surface area contributed by atoms with Crippen molar-refractivity contribution in [3.05, 3.63) is 45.1 Å². The van der Waals surface area contributed by atoms with Crippen LogP contribution in [0, 0.1) is 0 Å². The fraction of sp³-hybridized carbons (Fsp3) is 0.333. The van der Waals surface area contributed by atoms with Crippen LogP contribution >= 0.6 is 11.3 Å². The van der Waals surface area contributed by atoms with Gasteiger partial charge in [0.1, 0.15) is 0 Å². The summed E-state index contributed by atoms with van der Waals surface area (Å²) in [6.07, 6.45) is 4.96. The number of carbonyl (C=O) groups is 1.